The minimum atomic E-state index is -0.496. The van der Waals surface area contributed by atoms with Crippen LogP contribution in [0, 0.1) is 0 Å². The summed E-state index contributed by atoms with van der Waals surface area (Å²) in [6.07, 6.45) is 2.98. The van der Waals surface area contributed by atoms with E-state index in [4.69, 9.17) is 9.15 Å². The van der Waals surface area contributed by atoms with E-state index < -0.39 is 5.63 Å². The zero-order valence-electron chi connectivity index (χ0n) is 16.0. The van der Waals surface area contributed by atoms with Gasteiger partial charge in [0.05, 0.1) is 25.5 Å². The molecule has 0 saturated heterocycles. The van der Waals surface area contributed by atoms with Crippen molar-refractivity contribution in [1.29, 1.82) is 0 Å². The van der Waals surface area contributed by atoms with Gasteiger partial charge in [0.2, 0.25) is 0 Å². The van der Waals surface area contributed by atoms with Gasteiger partial charge in [-0.05, 0) is 29.8 Å². The maximum absolute atomic E-state index is 13.0. The molecule has 0 aliphatic heterocycles. The van der Waals surface area contributed by atoms with Crippen molar-refractivity contribution < 1.29 is 9.15 Å². The third kappa shape index (κ3) is 2.95. The van der Waals surface area contributed by atoms with Crippen LogP contribution in [0.1, 0.15) is 5.56 Å². The van der Waals surface area contributed by atoms with Gasteiger partial charge in [-0.3, -0.25) is 9.36 Å². The fourth-order valence-electron chi connectivity index (χ4n) is 3.47. The average molecular weight is 400 g/mol. The van der Waals surface area contributed by atoms with Gasteiger partial charge in [-0.2, -0.15) is 5.10 Å². The predicted octanol–water partition coefficient (Wildman–Crippen LogP) is 2.75. The Morgan fingerprint density at radius 2 is 1.87 bits per heavy atom. The van der Waals surface area contributed by atoms with Crippen molar-refractivity contribution in [3.05, 3.63) is 93.5 Å². The summed E-state index contributed by atoms with van der Waals surface area (Å²) in [6, 6.07) is 16.1. The molecule has 3 heterocycles. The molecule has 0 saturated carbocycles. The first-order valence-corrected chi connectivity index (χ1v) is 9.23. The molecule has 0 atom stereocenters. The smallest absolute Gasteiger partial charge is 0.336 e. The second kappa shape index (κ2) is 7.00. The summed E-state index contributed by atoms with van der Waals surface area (Å²) >= 11 is 0. The van der Waals surface area contributed by atoms with Crippen molar-refractivity contribution in [3.63, 3.8) is 0 Å². The van der Waals surface area contributed by atoms with Gasteiger partial charge in [-0.1, -0.05) is 18.2 Å². The zero-order chi connectivity index (χ0) is 20.7. The van der Waals surface area contributed by atoms with E-state index in [0.29, 0.717) is 27.9 Å². The third-order valence-electron chi connectivity index (χ3n) is 4.93. The van der Waals surface area contributed by atoms with Crippen LogP contribution in [0.5, 0.6) is 5.75 Å². The van der Waals surface area contributed by atoms with Crippen LogP contribution in [0.2, 0.25) is 0 Å². The normalized spacial score (nSPS) is 11.2. The van der Waals surface area contributed by atoms with Crippen LogP contribution in [0.25, 0.3) is 27.7 Å². The Hall–Kier alpha value is -4.20. The van der Waals surface area contributed by atoms with Crippen LogP contribution in [0.15, 0.2) is 81.1 Å². The van der Waals surface area contributed by atoms with Gasteiger partial charge < -0.3 is 9.15 Å². The zero-order valence-corrected chi connectivity index (χ0v) is 16.0. The van der Waals surface area contributed by atoms with Gasteiger partial charge in [0.1, 0.15) is 23.0 Å². The number of ether oxygens (including phenoxy) is 1. The number of para-hydroxylation sites is 1. The molecular formula is C22H16N4O4. The molecular weight excluding hydrogens is 384 g/mol. The molecule has 0 N–H and O–H groups in total. The van der Waals surface area contributed by atoms with E-state index in [0.717, 1.165) is 11.1 Å². The average Bonchev–Trinajstić information content (AvgIpc) is 3.20. The molecule has 0 bridgehead atoms. The second-order valence-corrected chi connectivity index (χ2v) is 6.76. The lowest BCUT2D eigenvalue weighted by atomic mass is 10.1. The molecule has 0 aliphatic rings. The molecule has 0 radical (unpaired) electrons. The summed E-state index contributed by atoms with van der Waals surface area (Å²) in [5.41, 5.74) is 1.61. The van der Waals surface area contributed by atoms with E-state index in [1.807, 2.05) is 30.3 Å². The molecule has 148 valence electrons. The highest BCUT2D eigenvalue weighted by molar-refractivity contribution is 5.81. The fraction of sp³-hybridized carbons (Fsp3) is 0.0909. The van der Waals surface area contributed by atoms with Gasteiger partial charge in [-0.15, -0.1) is 0 Å². The molecule has 8 heteroatoms. The van der Waals surface area contributed by atoms with E-state index in [9.17, 15) is 9.59 Å². The van der Waals surface area contributed by atoms with Crippen molar-refractivity contribution in [3.8, 4) is 11.4 Å². The Bertz CT molecular complexity index is 1500. The Morgan fingerprint density at radius 1 is 1.03 bits per heavy atom. The minimum Gasteiger partial charge on any atom is -0.497 e. The van der Waals surface area contributed by atoms with E-state index in [-0.39, 0.29) is 12.1 Å². The molecule has 0 amide bonds. The first-order valence-electron chi connectivity index (χ1n) is 9.23. The molecule has 0 unspecified atom stereocenters. The van der Waals surface area contributed by atoms with Crippen LogP contribution >= 0.6 is 0 Å². The molecule has 3 aromatic heterocycles. The van der Waals surface area contributed by atoms with Crippen LogP contribution < -0.4 is 15.9 Å². The van der Waals surface area contributed by atoms with Gasteiger partial charge in [0.15, 0.2) is 5.65 Å². The van der Waals surface area contributed by atoms with Gasteiger partial charge in [0, 0.05) is 17.5 Å². The maximum atomic E-state index is 13.0. The highest BCUT2D eigenvalue weighted by Gasteiger charge is 2.13. The Labute approximate surface area is 169 Å². The fourth-order valence-corrected chi connectivity index (χ4v) is 3.47. The number of hydrogen-bond donors (Lipinski definition) is 0. The van der Waals surface area contributed by atoms with Crippen molar-refractivity contribution in [2.45, 2.75) is 6.54 Å². The quantitative estimate of drug-likeness (QED) is 0.431. The van der Waals surface area contributed by atoms with Crippen molar-refractivity contribution in [1.82, 2.24) is 19.3 Å². The molecule has 0 aliphatic carbocycles. The van der Waals surface area contributed by atoms with Crippen LogP contribution in [-0.4, -0.2) is 26.4 Å². The van der Waals surface area contributed by atoms with Gasteiger partial charge in [-0.25, -0.2) is 14.5 Å². The van der Waals surface area contributed by atoms with Crippen LogP contribution in [0.3, 0.4) is 0 Å². The van der Waals surface area contributed by atoms with Crippen LogP contribution in [0.4, 0.5) is 0 Å². The Kier molecular flexibility index (Phi) is 4.17. The number of nitrogens with zero attached hydrogens (tertiary/aromatic N) is 4. The monoisotopic (exact) mass is 400 g/mol. The van der Waals surface area contributed by atoms with E-state index in [2.05, 4.69) is 10.1 Å². The molecule has 5 rings (SSSR count). The summed E-state index contributed by atoms with van der Waals surface area (Å²) in [5, 5.41) is 5.44. The lowest BCUT2D eigenvalue weighted by Crippen LogP contribution is -2.21. The number of aromatic nitrogens is 4. The molecule has 0 fully saturated rings. The summed E-state index contributed by atoms with van der Waals surface area (Å²) in [7, 11) is 1.54. The molecule has 2 aromatic carbocycles. The predicted molar refractivity (Wildman–Crippen MR) is 111 cm³/mol. The van der Waals surface area contributed by atoms with Crippen molar-refractivity contribution >= 4 is 22.0 Å². The topological polar surface area (TPSA) is 92.1 Å². The number of fused-ring (bicyclic) bond motifs is 2. The standard InChI is InChI=1S/C22H16N4O4/c1-29-16-7-8-17-14(9-20(27)30-19(17)10-16)12-25-13-23-21-18(22(25)28)11-24-26(21)15-5-3-2-4-6-15/h2-11,13H,12H2,1H3. The molecule has 5 aromatic rings. The lowest BCUT2D eigenvalue weighted by molar-refractivity contribution is 0.414. The summed E-state index contributed by atoms with van der Waals surface area (Å²) in [4.78, 5) is 29.5. The van der Waals surface area contributed by atoms with Gasteiger partial charge >= 0.3 is 5.63 Å². The highest BCUT2D eigenvalue weighted by atomic mass is 16.5. The Balaban J connectivity index is 1.61. The minimum absolute atomic E-state index is 0.173. The van der Waals surface area contributed by atoms with Gasteiger partial charge in [0.25, 0.3) is 5.56 Å². The Morgan fingerprint density at radius 3 is 2.67 bits per heavy atom. The summed E-state index contributed by atoms with van der Waals surface area (Å²) in [6.45, 7) is 0.173. The third-order valence-corrected chi connectivity index (χ3v) is 4.93. The SMILES string of the molecule is COc1ccc2c(Cn3cnc4c(cnn4-c4ccccc4)c3=O)cc(=O)oc2c1. The number of hydrogen-bond acceptors (Lipinski definition) is 6. The maximum Gasteiger partial charge on any atom is 0.336 e. The number of rotatable bonds is 4. The summed E-state index contributed by atoms with van der Waals surface area (Å²) in [5.74, 6) is 0.580. The van der Waals surface area contributed by atoms with Crippen molar-refractivity contribution in [2.75, 3.05) is 7.11 Å². The van der Waals surface area contributed by atoms with Crippen LogP contribution in [-0.2, 0) is 6.54 Å². The highest BCUT2D eigenvalue weighted by Crippen LogP contribution is 2.23. The largest absolute Gasteiger partial charge is 0.497 e. The molecule has 0 spiro atoms. The summed E-state index contributed by atoms with van der Waals surface area (Å²) < 4.78 is 13.6. The van der Waals surface area contributed by atoms with E-state index >= 15 is 0 Å². The first kappa shape index (κ1) is 17.9. The first-order chi connectivity index (χ1) is 14.6. The van der Waals surface area contributed by atoms with Crippen molar-refractivity contribution in [2.24, 2.45) is 0 Å². The molecule has 8 nitrogen and oxygen atoms in total. The molecule has 30 heavy (non-hydrogen) atoms. The lowest BCUT2D eigenvalue weighted by Gasteiger charge is -2.09. The second-order valence-electron chi connectivity index (χ2n) is 6.76. The van der Waals surface area contributed by atoms with E-state index in [1.54, 1.807) is 30.0 Å². The number of methoxy groups -OCH3 is 1. The number of benzene rings is 2. The van der Waals surface area contributed by atoms with E-state index in [1.165, 1.54) is 23.2 Å².